The summed E-state index contributed by atoms with van der Waals surface area (Å²) < 4.78 is 0. The lowest BCUT2D eigenvalue weighted by atomic mass is 9.85. The molecule has 0 saturated heterocycles. The van der Waals surface area contributed by atoms with Crippen LogP contribution in [0.4, 0.5) is 0 Å². The van der Waals surface area contributed by atoms with Crippen molar-refractivity contribution in [1.29, 1.82) is 0 Å². The molecular weight excluding hydrogens is 286 g/mol. The van der Waals surface area contributed by atoms with E-state index in [2.05, 4.69) is 16.9 Å². The molecule has 0 aliphatic heterocycles. The first-order valence-corrected chi connectivity index (χ1v) is 9.72. The summed E-state index contributed by atoms with van der Waals surface area (Å²) in [5.41, 5.74) is 8.80. The van der Waals surface area contributed by atoms with Crippen LogP contribution in [-0.4, -0.2) is 11.8 Å². The van der Waals surface area contributed by atoms with Crippen LogP contribution in [0.15, 0.2) is 5.11 Å². The molecule has 1 aliphatic rings. The fourth-order valence-electron chi connectivity index (χ4n) is 4.06. The average Bonchev–Trinajstić information content (AvgIpc) is 2.89. The van der Waals surface area contributed by atoms with Gasteiger partial charge in [-0.1, -0.05) is 63.4 Å². The van der Waals surface area contributed by atoms with Gasteiger partial charge in [-0.2, -0.15) is 0 Å². The number of carbonyl (C=O) groups is 1. The zero-order valence-electron chi connectivity index (χ0n) is 15.2. The minimum absolute atomic E-state index is 0.230. The Balaban J connectivity index is 2.31. The van der Waals surface area contributed by atoms with E-state index in [1.165, 1.54) is 57.8 Å². The maximum absolute atomic E-state index is 10.9. The second kappa shape index (κ2) is 12.4. The van der Waals surface area contributed by atoms with Crippen molar-refractivity contribution in [2.45, 2.75) is 103 Å². The molecule has 0 aromatic heterocycles. The van der Waals surface area contributed by atoms with Crippen molar-refractivity contribution < 1.29 is 4.79 Å². The van der Waals surface area contributed by atoms with Gasteiger partial charge in [0.15, 0.2) is 0 Å². The Morgan fingerprint density at radius 3 is 2.43 bits per heavy atom. The monoisotopic (exact) mass is 321 g/mol. The lowest BCUT2D eigenvalue weighted by molar-refractivity contribution is -0.117. The van der Waals surface area contributed by atoms with Crippen molar-refractivity contribution >= 4 is 5.78 Å². The molecule has 0 bridgehead atoms. The maximum atomic E-state index is 10.9. The minimum atomic E-state index is 0.230. The summed E-state index contributed by atoms with van der Waals surface area (Å²) in [6.45, 7) is 3.92. The number of carbonyl (C=O) groups excluding carboxylic acids is 1. The Morgan fingerprint density at radius 1 is 1.04 bits per heavy atom. The molecule has 23 heavy (non-hydrogen) atoms. The first-order valence-electron chi connectivity index (χ1n) is 9.72. The summed E-state index contributed by atoms with van der Waals surface area (Å²) in [7, 11) is 0. The molecule has 1 fully saturated rings. The van der Waals surface area contributed by atoms with Gasteiger partial charge in [0.1, 0.15) is 5.78 Å². The molecule has 0 heterocycles. The van der Waals surface area contributed by atoms with E-state index in [4.69, 9.17) is 5.53 Å². The lowest BCUT2D eigenvalue weighted by Gasteiger charge is -2.22. The molecule has 4 nitrogen and oxygen atoms in total. The van der Waals surface area contributed by atoms with Crippen LogP contribution in [0.25, 0.3) is 10.4 Å². The molecular formula is C19H35N3O. The third kappa shape index (κ3) is 8.41. The molecule has 0 amide bonds. The summed E-state index contributed by atoms with van der Waals surface area (Å²) >= 11 is 0. The van der Waals surface area contributed by atoms with E-state index >= 15 is 0 Å². The summed E-state index contributed by atoms with van der Waals surface area (Å²) in [5, 5.41) is 4.07. The third-order valence-corrected chi connectivity index (χ3v) is 5.38. The van der Waals surface area contributed by atoms with Crippen molar-refractivity contribution in [2.75, 3.05) is 0 Å². The van der Waals surface area contributed by atoms with E-state index in [1.807, 2.05) is 0 Å². The van der Waals surface area contributed by atoms with Gasteiger partial charge >= 0.3 is 0 Å². The fraction of sp³-hybridized carbons (Fsp3) is 0.947. The molecule has 4 heteroatoms. The van der Waals surface area contributed by atoms with Crippen LogP contribution in [0.3, 0.4) is 0 Å². The van der Waals surface area contributed by atoms with Crippen molar-refractivity contribution in [3.8, 4) is 0 Å². The van der Waals surface area contributed by atoms with Crippen LogP contribution >= 0.6 is 0 Å². The van der Waals surface area contributed by atoms with Gasteiger partial charge in [-0.05, 0) is 50.0 Å². The first kappa shape index (κ1) is 20.0. The van der Waals surface area contributed by atoms with Gasteiger partial charge in [0.25, 0.3) is 0 Å². The molecule has 132 valence electrons. The number of unbranched alkanes of at least 4 members (excludes halogenated alkanes) is 6. The molecule has 0 aromatic carbocycles. The highest BCUT2D eigenvalue weighted by Crippen LogP contribution is 2.40. The quantitative estimate of drug-likeness (QED) is 0.163. The fourth-order valence-corrected chi connectivity index (χ4v) is 4.06. The largest absolute Gasteiger partial charge is 0.300 e. The predicted molar refractivity (Wildman–Crippen MR) is 96.3 cm³/mol. The molecule has 3 atom stereocenters. The van der Waals surface area contributed by atoms with Crippen LogP contribution in [0.5, 0.6) is 0 Å². The van der Waals surface area contributed by atoms with E-state index < -0.39 is 0 Å². The Morgan fingerprint density at radius 2 is 1.74 bits per heavy atom. The predicted octanol–water partition coefficient (Wildman–Crippen LogP) is 6.59. The van der Waals surface area contributed by atoms with Crippen LogP contribution in [0.2, 0.25) is 0 Å². The van der Waals surface area contributed by atoms with Gasteiger partial charge in [0.2, 0.25) is 0 Å². The average molecular weight is 322 g/mol. The number of hydrogen-bond acceptors (Lipinski definition) is 2. The van der Waals surface area contributed by atoms with Crippen LogP contribution < -0.4 is 0 Å². The summed E-state index contributed by atoms with van der Waals surface area (Å²) in [4.78, 5) is 14.0. The van der Waals surface area contributed by atoms with Crippen LogP contribution in [0, 0.1) is 11.8 Å². The van der Waals surface area contributed by atoms with Gasteiger partial charge in [0, 0.05) is 17.4 Å². The lowest BCUT2D eigenvalue weighted by Crippen LogP contribution is -2.17. The summed E-state index contributed by atoms with van der Waals surface area (Å²) in [6.07, 6.45) is 15.5. The van der Waals surface area contributed by atoms with E-state index in [9.17, 15) is 4.79 Å². The highest BCUT2D eigenvalue weighted by molar-refractivity contribution is 5.75. The molecule has 1 aliphatic carbocycles. The van der Waals surface area contributed by atoms with Gasteiger partial charge < -0.3 is 4.79 Å². The molecule has 0 aromatic rings. The number of azide groups is 1. The SMILES string of the molecule is CCCCCCC1CCC(N=[N+]=[N-])C1CCCCCCC(C)=O. The smallest absolute Gasteiger partial charge is 0.129 e. The van der Waals surface area contributed by atoms with Crippen LogP contribution in [-0.2, 0) is 4.79 Å². The molecule has 3 unspecified atom stereocenters. The second-order valence-corrected chi connectivity index (χ2v) is 7.28. The van der Waals surface area contributed by atoms with Crippen molar-refractivity contribution in [2.24, 2.45) is 17.0 Å². The normalized spacial score (nSPS) is 23.7. The number of hydrogen-bond donors (Lipinski definition) is 0. The van der Waals surface area contributed by atoms with Crippen molar-refractivity contribution in [3.05, 3.63) is 10.4 Å². The maximum Gasteiger partial charge on any atom is 0.129 e. The molecule has 0 radical (unpaired) electrons. The highest BCUT2D eigenvalue weighted by atomic mass is 16.1. The Kier molecular flexibility index (Phi) is 10.8. The van der Waals surface area contributed by atoms with Gasteiger partial charge in [-0.25, -0.2) is 0 Å². The zero-order chi connectivity index (χ0) is 16.9. The number of nitrogens with zero attached hydrogens (tertiary/aromatic N) is 3. The van der Waals surface area contributed by atoms with E-state index in [1.54, 1.807) is 6.92 Å². The molecule has 1 saturated carbocycles. The summed E-state index contributed by atoms with van der Waals surface area (Å²) in [6, 6.07) is 0.230. The molecule has 1 rings (SSSR count). The Hall–Kier alpha value is -1.02. The standard InChI is InChI=1S/C19H35N3O/c1-3-4-5-9-12-17-14-15-19(21-22-20)18(17)13-10-7-6-8-11-16(2)23/h17-19H,3-15H2,1-2H3. The number of ketones is 1. The van der Waals surface area contributed by atoms with E-state index in [0.29, 0.717) is 11.7 Å². The van der Waals surface area contributed by atoms with E-state index in [0.717, 1.165) is 31.6 Å². The van der Waals surface area contributed by atoms with Crippen molar-refractivity contribution in [1.82, 2.24) is 0 Å². The summed E-state index contributed by atoms with van der Waals surface area (Å²) in [5.74, 6) is 1.66. The first-order chi connectivity index (χ1) is 11.2. The highest BCUT2D eigenvalue weighted by Gasteiger charge is 2.34. The molecule has 0 spiro atoms. The minimum Gasteiger partial charge on any atom is -0.300 e. The zero-order valence-corrected chi connectivity index (χ0v) is 15.2. The second-order valence-electron chi connectivity index (χ2n) is 7.28. The number of rotatable bonds is 13. The van der Waals surface area contributed by atoms with Crippen LogP contribution in [0.1, 0.15) is 97.3 Å². The third-order valence-electron chi connectivity index (χ3n) is 5.38. The van der Waals surface area contributed by atoms with E-state index in [-0.39, 0.29) is 6.04 Å². The van der Waals surface area contributed by atoms with Crippen molar-refractivity contribution in [3.63, 3.8) is 0 Å². The number of Topliss-reactive ketones (excluding diaryl/α,β-unsaturated/α-hetero) is 1. The van der Waals surface area contributed by atoms with Gasteiger partial charge in [-0.3, -0.25) is 0 Å². The Labute approximate surface area is 142 Å². The topological polar surface area (TPSA) is 65.8 Å². The van der Waals surface area contributed by atoms with Gasteiger partial charge in [0.05, 0.1) is 0 Å². The van der Waals surface area contributed by atoms with Gasteiger partial charge in [-0.15, -0.1) is 0 Å². The molecule has 0 N–H and O–H groups in total. The Bertz CT molecular complexity index is 377.